The van der Waals surface area contributed by atoms with Gasteiger partial charge in [-0.1, -0.05) is 67.6 Å². The van der Waals surface area contributed by atoms with Crippen molar-refractivity contribution in [2.24, 2.45) is 16.6 Å². The first-order chi connectivity index (χ1) is 18.3. The van der Waals surface area contributed by atoms with Gasteiger partial charge in [-0.05, 0) is 41.2 Å². The molecule has 2 aromatic rings. The van der Waals surface area contributed by atoms with Gasteiger partial charge < -0.3 is 15.5 Å². The van der Waals surface area contributed by atoms with Crippen LogP contribution >= 0.6 is 0 Å². The van der Waals surface area contributed by atoms with Crippen molar-refractivity contribution in [3.63, 3.8) is 0 Å². The fraction of sp³-hybridized carbons (Fsp3) is 0.333. The lowest BCUT2D eigenvalue weighted by Crippen LogP contribution is -2.50. The maximum absolute atomic E-state index is 14.1. The van der Waals surface area contributed by atoms with E-state index in [9.17, 15) is 14.4 Å². The summed E-state index contributed by atoms with van der Waals surface area (Å²) >= 11 is 0. The second kappa shape index (κ2) is 10.3. The summed E-state index contributed by atoms with van der Waals surface area (Å²) in [6, 6.07) is 16.8. The van der Waals surface area contributed by atoms with E-state index in [1.807, 2.05) is 54.6 Å². The van der Waals surface area contributed by atoms with Crippen LogP contribution in [0.15, 0.2) is 83.4 Å². The molecule has 0 radical (unpaired) electrons. The van der Waals surface area contributed by atoms with Gasteiger partial charge in [0.1, 0.15) is 0 Å². The zero-order valence-electron chi connectivity index (χ0n) is 21.8. The van der Waals surface area contributed by atoms with Gasteiger partial charge in [-0.2, -0.15) is 0 Å². The largest absolute Gasteiger partial charge is 0.369 e. The van der Waals surface area contributed by atoms with Crippen LogP contribution in [0, 0.1) is 5.92 Å². The molecule has 2 N–H and O–H groups in total. The van der Waals surface area contributed by atoms with Crippen molar-refractivity contribution in [1.29, 1.82) is 0 Å². The SMILES string of the molecule is CC(=O)N1CCN(C(=O)c2cccc(CN3C(=O)C(C4=CCC(C)C=C4)(c4ccccc4)N=C3N)c2)CC1. The quantitative estimate of drug-likeness (QED) is 0.667. The van der Waals surface area contributed by atoms with Crippen LogP contribution in [0.25, 0.3) is 0 Å². The molecule has 2 atom stereocenters. The smallest absolute Gasteiger partial charge is 0.266 e. The van der Waals surface area contributed by atoms with Crippen LogP contribution in [-0.4, -0.2) is 64.6 Å². The molecule has 1 aliphatic carbocycles. The van der Waals surface area contributed by atoms with E-state index in [2.05, 4.69) is 19.1 Å². The Balaban J connectivity index is 1.39. The number of hydrogen-bond acceptors (Lipinski definition) is 5. The van der Waals surface area contributed by atoms with E-state index >= 15 is 0 Å². The van der Waals surface area contributed by atoms with Crippen LogP contribution in [0.1, 0.15) is 41.8 Å². The molecule has 0 aromatic heterocycles. The van der Waals surface area contributed by atoms with E-state index in [4.69, 9.17) is 10.7 Å². The number of aliphatic imine (C=N–C) groups is 1. The summed E-state index contributed by atoms with van der Waals surface area (Å²) in [6.07, 6.45) is 7.01. The van der Waals surface area contributed by atoms with Gasteiger partial charge >= 0.3 is 0 Å². The highest BCUT2D eigenvalue weighted by atomic mass is 16.2. The monoisotopic (exact) mass is 511 g/mol. The minimum absolute atomic E-state index is 0.0224. The summed E-state index contributed by atoms with van der Waals surface area (Å²) in [7, 11) is 0. The van der Waals surface area contributed by atoms with Crippen LogP contribution in [0.5, 0.6) is 0 Å². The first kappa shape index (κ1) is 25.4. The van der Waals surface area contributed by atoms with Crippen LogP contribution in [-0.2, 0) is 21.7 Å². The Kier molecular flexibility index (Phi) is 6.89. The van der Waals surface area contributed by atoms with Crippen LogP contribution < -0.4 is 5.73 Å². The molecule has 1 saturated heterocycles. The number of nitrogens with zero attached hydrogens (tertiary/aromatic N) is 4. The summed E-state index contributed by atoms with van der Waals surface area (Å²) in [5.74, 6) is 0.280. The molecule has 0 bridgehead atoms. The molecule has 5 rings (SSSR count). The molecule has 2 unspecified atom stereocenters. The zero-order chi connectivity index (χ0) is 26.9. The van der Waals surface area contributed by atoms with Gasteiger partial charge in [-0.3, -0.25) is 19.3 Å². The Morgan fingerprint density at radius 3 is 2.39 bits per heavy atom. The van der Waals surface area contributed by atoms with Crippen molar-refractivity contribution in [1.82, 2.24) is 14.7 Å². The van der Waals surface area contributed by atoms with Crippen LogP contribution in [0.2, 0.25) is 0 Å². The number of amides is 3. The number of carbonyl (C=O) groups excluding carboxylic acids is 3. The Morgan fingerprint density at radius 2 is 1.74 bits per heavy atom. The first-order valence-electron chi connectivity index (χ1n) is 13.0. The molecule has 3 aliphatic rings. The van der Waals surface area contributed by atoms with Gasteiger partial charge in [-0.15, -0.1) is 0 Å². The Bertz CT molecular complexity index is 1340. The third kappa shape index (κ3) is 4.62. The average molecular weight is 512 g/mol. The second-order valence-corrected chi connectivity index (χ2v) is 10.2. The van der Waals surface area contributed by atoms with Crippen molar-refractivity contribution in [2.45, 2.75) is 32.4 Å². The summed E-state index contributed by atoms with van der Waals surface area (Å²) in [4.78, 5) is 48.8. The van der Waals surface area contributed by atoms with E-state index in [0.29, 0.717) is 37.7 Å². The van der Waals surface area contributed by atoms with Crippen molar-refractivity contribution in [3.05, 3.63) is 95.1 Å². The molecule has 0 spiro atoms. The van der Waals surface area contributed by atoms with Crippen LogP contribution in [0.3, 0.4) is 0 Å². The van der Waals surface area contributed by atoms with Gasteiger partial charge in [0.2, 0.25) is 5.91 Å². The highest BCUT2D eigenvalue weighted by Crippen LogP contribution is 2.42. The predicted molar refractivity (Wildman–Crippen MR) is 146 cm³/mol. The van der Waals surface area contributed by atoms with E-state index in [0.717, 1.165) is 23.1 Å². The van der Waals surface area contributed by atoms with Gasteiger partial charge in [-0.25, -0.2) is 4.99 Å². The Labute approximate surface area is 223 Å². The van der Waals surface area contributed by atoms with Gasteiger partial charge in [0.25, 0.3) is 11.8 Å². The molecule has 196 valence electrons. The van der Waals surface area contributed by atoms with Gasteiger partial charge in [0.05, 0.1) is 6.54 Å². The Hall–Kier alpha value is -4.20. The maximum atomic E-state index is 14.1. The second-order valence-electron chi connectivity index (χ2n) is 10.2. The van der Waals surface area contributed by atoms with E-state index < -0.39 is 5.54 Å². The highest BCUT2D eigenvalue weighted by molar-refractivity contribution is 6.09. The van der Waals surface area contributed by atoms with Crippen molar-refractivity contribution in [2.75, 3.05) is 26.2 Å². The normalized spacial score (nSPS) is 23.4. The number of hydrogen-bond donors (Lipinski definition) is 1. The highest BCUT2D eigenvalue weighted by Gasteiger charge is 2.51. The summed E-state index contributed by atoms with van der Waals surface area (Å²) in [6.45, 7) is 5.93. The lowest BCUT2D eigenvalue weighted by Gasteiger charge is -2.34. The third-order valence-corrected chi connectivity index (χ3v) is 7.56. The summed E-state index contributed by atoms with van der Waals surface area (Å²) in [5.41, 5.74) is 8.11. The predicted octanol–water partition coefficient (Wildman–Crippen LogP) is 3.07. The minimum Gasteiger partial charge on any atom is -0.369 e. The van der Waals surface area contributed by atoms with Gasteiger partial charge in [0, 0.05) is 38.7 Å². The number of rotatable bonds is 5. The van der Waals surface area contributed by atoms with E-state index in [-0.39, 0.29) is 30.2 Å². The topological polar surface area (TPSA) is 99.3 Å². The molecule has 2 heterocycles. The minimum atomic E-state index is -1.23. The first-order valence-corrected chi connectivity index (χ1v) is 13.0. The van der Waals surface area contributed by atoms with Crippen molar-refractivity contribution < 1.29 is 14.4 Å². The molecule has 8 nitrogen and oxygen atoms in total. The molecular weight excluding hydrogens is 478 g/mol. The van der Waals surface area contributed by atoms with E-state index in [1.54, 1.807) is 22.8 Å². The number of nitrogens with two attached hydrogens (primary N) is 1. The number of guanidine groups is 1. The fourth-order valence-electron chi connectivity index (χ4n) is 5.34. The summed E-state index contributed by atoms with van der Waals surface area (Å²) in [5, 5.41) is 0. The molecule has 3 amide bonds. The number of benzene rings is 2. The molecule has 8 heteroatoms. The van der Waals surface area contributed by atoms with Gasteiger partial charge in [0.15, 0.2) is 11.5 Å². The average Bonchev–Trinajstić information content (AvgIpc) is 3.19. The summed E-state index contributed by atoms with van der Waals surface area (Å²) < 4.78 is 0. The zero-order valence-corrected chi connectivity index (χ0v) is 21.8. The lowest BCUT2D eigenvalue weighted by molar-refractivity contribution is -0.131. The molecule has 1 fully saturated rings. The lowest BCUT2D eigenvalue weighted by atomic mass is 9.79. The Morgan fingerprint density at radius 1 is 1.03 bits per heavy atom. The van der Waals surface area contributed by atoms with Crippen molar-refractivity contribution in [3.8, 4) is 0 Å². The molecule has 2 aromatic carbocycles. The standard InChI is InChI=1S/C30H33N5O3/c1-21-11-13-26(14-12-21)30(25-9-4-3-5-10-25)28(38)35(29(31)32-30)20-23-7-6-8-24(19-23)27(37)34-17-15-33(16-18-34)22(2)36/h3-11,13-14,19,21H,12,15-18,20H2,1-2H3,(H2,31,32). The van der Waals surface area contributed by atoms with E-state index in [1.165, 1.54) is 4.90 Å². The number of allylic oxidation sites excluding steroid dienone is 2. The fourth-order valence-corrected chi connectivity index (χ4v) is 5.34. The maximum Gasteiger partial charge on any atom is 0.266 e. The molecular formula is C30H33N5O3. The third-order valence-electron chi connectivity index (χ3n) is 7.56. The molecule has 0 saturated carbocycles. The molecule has 38 heavy (non-hydrogen) atoms. The van der Waals surface area contributed by atoms with Crippen LogP contribution in [0.4, 0.5) is 0 Å². The van der Waals surface area contributed by atoms with Crippen molar-refractivity contribution >= 4 is 23.7 Å². The number of piperazine rings is 1. The number of carbonyl (C=O) groups is 3. The molecule has 2 aliphatic heterocycles.